The first-order valence-electron chi connectivity index (χ1n) is 8.33. The van der Waals surface area contributed by atoms with Crippen molar-refractivity contribution >= 4 is 23.0 Å². The van der Waals surface area contributed by atoms with Gasteiger partial charge in [-0.1, -0.05) is 25.5 Å². The van der Waals surface area contributed by atoms with Crippen molar-refractivity contribution < 1.29 is 9.90 Å². The summed E-state index contributed by atoms with van der Waals surface area (Å²) in [5, 5.41) is 14.0. The second-order valence-electron chi connectivity index (χ2n) is 6.23. The minimum atomic E-state index is -0.183. The normalized spacial score (nSPS) is 17.4. The number of amides is 1. The van der Waals surface area contributed by atoms with E-state index in [2.05, 4.69) is 17.5 Å². The number of aryl methyl sites for hydroxylation is 1. The molecule has 126 valence electrons. The molecule has 2 N–H and O–H groups in total. The molecule has 1 aromatic heterocycles. The Balaban J connectivity index is 1.71. The van der Waals surface area contributed by atoms with Gasteiger partial charge in [-0.15, -0.1) is 11.3 Å². The van der Waals surface area contributed by atoms with Crippen LogP contribution in [0.2, 0.25) is 0 Å². The van der Waals surface area contributed by atoms with E-state index in [9.17, 15) is 9.90 Å². The molecule has 4 nitrogen and oxygen atoms in total. The fourth-order valence-electron chi connectivity index (χ4n) is 3.09. The van der Waals surface area contributed by atoms with Crippen molar-refractivity contribution in [3.05, 3.63) is 51.2 Å². The molecule has 0 saturated carbocycles. The number of nitrogens with zero attached hydrogens (tertiary/aromatic N) is 1. The molecule has 1 aromatic carbocycles. The monoisotopic (exact) mass is 342 g/mol. The van der Waals surface area contributed by atoms with Gasteiger partial charge in [-0.3, -0.25) is 4.79 Å². The number of thiophene rings is 1. The quantitative estimate of drug-likeness (QED) is 0.648. The fourth-order valence-corrected chi connectivity index (χ4v) is 4.19. The highest BCUT2D eigenvalue weighted by Gasteiger charge is 2.22. The van der Waals surface area contributed by atoms with E-state index in [0.29, 0.717) is 16.2 Å². The van der Waals surface area contributed by atoms with E-state index in [1.807, 2.05) is 12.1 Å². The summed E-state index contributed by atoms with van der Waals surface area (Å²) in [6, 6.07) is 8.97. The van der Waals surface area contributed by atoms with Crippen molar-refractivity contribution in [1.29, 1.82) is 0 Å². The molecule has 1 aliphatic carbocycles. The third-order valence-corrected chi connectivity index (χ3v) is 5.84. The van der Waals surface area contributed by atoms with Gasteiger partial charge in [0.25, 0.3) is 5.91 Å². The van der Waals surface area contributed by atoms with Crippen LogP contribution in [-0.4, -0.2) is 16.7 Å². The van der Waals surface area contributed by atoms with Crippen LogP contribution in [0, 0.1) is 5.92 Å². The van der Waals surface area contributed by atoms with Crippen LogP contribution in [0.1, 0.15) is 52.4 Å². The number of para-hydroxylation sites is 1. The number of hydrazone groups is 1. The average Bonchev–Trinajstić information content (AvgIpc) is 3.02. The molecule has 1 aliphatic rings. The summed E-state index contributed by atoms with van der Waals surface area (Å²) in [7, 11) is 0. The summed E-state index contributed by atoms with van der Waals surface area (Å²) >= 11 is 1.58. The van der Waals surface area contributed by atoms with Crippen LogP contribution in [-0.2, 0) is 12.8 Å². The lowest BCUT2D eigenvalue weighted by Crippen LogP contribution is -2.18. The lowest BCUT2D eigenvalue weighted by atomic mass is 9.87. The lowest BCUT2D eigenvalue weighted by molar-refractivity contribution is 0.0959. The second-order valence-corrected chi connectivity index (χ2v) is 7.37. The molecule has 0 aliphatic heterocycles. The van der Waals surface area contributed by atoms with Crippen LogP contribution in [0.15, 0.2) is 35.4 Å². The molecule has 0 radical (unpaired) electrons. The fraction of sp³-hybridized carbons (Fsp3) is 0.368. The van der Waals surface area contributed by atoms with Crippen LogP contribution in [0.4, 0.5) is 0 Å². The third-order valence-electron chi connectivity index (χ3n) is 4.61. The smallest absolute Gasteiger partial charge is 0.281 e. The van der Waals surface area contributed by atoms with Crippen LogP contribution < -0.4 is 5.43 Å². The van der Waals surface area contributed by atoms with E-state index in [1.54, 1.807) is 36.5 Å². The van der Waals surface area contributed by atoms with Crippen LogP contribution in [0.5, 0.6) is 5.75 Å². The molecule has 0 bridgehead atoms. The Kier molecular flexibility index (Phi) is 5.00. The van der Waals surface area contributed by atoms with E-state index < -0.39 is 0 Å². The van der Waals surface area contributed by atoms with Gasteiger partial charge < -0.3 is 5.11 Å². The summed E-state index contributed by atoms with van der Waals surface area (Å²) in [5.41, 5.74) is 5.13. The van der Waals surface area contributed by atoms with Crippen molar-refractivity contribution in [3.63, 3.8) is 0 Å². The molecule has 3 rings (SSSR count). The van der Waals surface area contributed by atoms with E-state index in [4.69, 9.17) is 0 Å². The van der Waals surface area contributed by atoms with Crippen LogP contribution in [0.3, 0.4) is 0 Å². The molecule has 1 atom stereocenters. The number of hydrogen-bond donors (Lipinski definition) is 2. The zero-order valence-electron chi connectivity index (χ0n) is 14.0. The summed E-state index contributed by atoms with van der Waals surface area (Å²) in [5.74, 6) is 0.715. The Bertz CT molecular complexity index is 779. The molecule has 1 heterocycles. The molecule has 1 amide bonds. The van der Waals surface area contributed by atoms with E-state index in [-0.39, 0.29) is 11.7 Å². The van der Waals surface area contributed by atoms with Crippen molar-refractivity contribution in [2.45, 2.75) is 39.5 Å². The standard InChI is InChI=1S/C19H22N2O2S/c1-3-13-8-9-17-14(10-13)11-18(24-17)19(23)21-20-12(2)15-6-4-5-7-16(15)22/h4-7,11,13,22H,3,8-10H2,1-2H3,(H,21,23)/b20-12+/t13-/m0/s1. The van der Waals surface area contributed by atoms with Crippen LogP contribution in [0.25, 0.3) is 0 Å². The first-order valence-corrected chi connectivity index (χ1v) is 9.14. The summed E-state index contributed by atoms with van der Waals surface area (Å²) in [4.78, 5) is 14.4. The molecule has 0 unspecified atom stereocenters. The topological polar surface area (TPSA) is 61.7 Å². The van der Waals surface area contributed by atoms with Crippen molar-refractivity contribution in [3.8, 4) is 5.75 Å². The molecule has 2 aromatic rings. The zero-order chi connectivity index (χ0) is 17.1. The minimum absolute atomic E-state index is 0.158. The number of hydrogen-bond acceptors (Lipinski definition) is 4. The number of phenols is 1. The Morgan fingerprint density at radius 1 is 1.42 bits per heavy atom. The molecule has 0 saturated heterocycles. The highest BCUT2D eigenvalue weighted by molar-refractivity contribution is 7.14. The molecule has 5 heteroatoms. The van der Waals surface area contributed by atoms with Gasteiger partial charge in [0.2, 0.25) is 0 Å². The molecule has 0 spiro atoms. The van der Waals surface area contributed by atoms with Gasteiger partial charge in [-0.2, -0.15) is 5.10 Å². The van der Waals surface area contributed by atoms with E-state index >= 15 is 0 Å². The van der Waals surface area contributed by atoms with Gasteiger partial charge in [0.1, 0.15) is 5.75 Å². The van der Waals surface area contributed by atoms with Crippen molar-refractivity contribution in [2.24, 2.45) is 11.0 Å². The maximum absolute atomic E-state index is 12.4. The number of carbonyl (C=O) groups is 1. The SMILES string of the molecule is CC[C@H]1CCc2sc(C(=O)N/N=C(\C)c3ccccc3O)cc2C1. The summed E-state index contributed by atoms with van der Waals surface area (Å²) in [6.45, 7) is 3.99. The van der Waals surface area contributed by atoms with Crippen molar-refractivity contribution in [2.75, 3.05) is 0 Å². The number of rotatable bonds is 4. The first kappa shape index (κ1) is 16.7. The molecular weight excluding hydrogens is 320 g/mol. The predicted octanol–water partition coefficient (Wildman–Crippen LogP) is 4.12. The van der Waals surface area contributed by atoms with Gasteiger partial charge in [0.15, 0.2) is 0 Å². The average molecular weight is 342 g/mol. The minimum Gasteiger partial charge on any atom is -0.507 e. The maximum atomic E-state index is 12.4. The molecular formula is C19H22N2O2S. The zero-order valence-corrected chi connectivity index (χ0v) is 14.8. The van der Waals surface area contributed by atoms with Gasteiger partial charge in [-0.25, -0.2) is 5.43 Å². The highest BCUT2D eigenvalue weighted by atomic mass is 32.1. The van der Waals surface area contributed by atoms with Crippen LogP contribution >= 0.6 is 11.3 Å². The van der Waals surface area contributed by atoms with Gasteiger partial charge in [-0.05, 0) is 55.9 Å². The van der Waals surface area contributed by atoms with E-state index in [0.717, 1.165) is 18.8 Å². The first-order chi connectivity index (χ1) is 11.6. The Morgan fingerprint density at radius 3 is 2.96 bits per heavy atom. The number of aromatic hydroxyl groups is 1. The number of carbonyl (C=O) groups excluding carboxylic acids is 1. The van der Waals surface area contributed by atoms with Gasteiger partial charge >= 0.3 is 0 Å². The lowest BCUT2D eigenvalue weighted by Gasteiger charge is -2.19. The highest BCUT2D eigenvalue weighted by Crippen LogP contribution is 2.33. The van der Waals surface area contributed by atoms with Crippen molar-refractivity contribution in [1.82, 2.24) is 5.43 Å². The molecule has 0 fully saturated rings. The maximum Gasteiger partial charge on any atom is 0.281 e. The second kappa shape index (κ2) is 7.18. The van der Waals surface area contributed by atoms with E-state index in [1.165, 1.54) is 23.3 Å². The Hall–Kier alpha value is -2.14. The van der Waals surface area contributed by atoms with Gasteiger partial charge in [0, 0.05) is 10.4 Å². The number of benzene rings is 1. The Labute approximate surface area is 146 Å². The molecule has 24 heavy (non-hydrogen) atoms. The summed E-state index contributed by atoms with van der Waals surface area (Å²) < 4.78 is 0. The third kappa shape index (κ3) is 3.51. The number of phenolic OH excluding ortho intramolecular Hbond substituents is 1. The number of fused-ring (bicyclic) bond motifs is 1. The Morgan fingerprint density at radius 2 is 2.21 bits per heavy atom. The number of nitrogens with one attached hydrogen (secondary N) is 1. The summed E-state index contributed by atoms with van der Waals surface area (Å²) in [6.07, 6.45) is 4.57. The van der Waals surface area contributed by atoms with Gasteiger partial charge in [0.05, 0.1) is 10.6 Å². The predicted molar refractivity (Wildman–Crippen MR) is 97.9 cm³/mol. The largest absolute Gasteiger partial charge is 0.507 e.